The molecule has 0 bridgehead atoms. The van der Waals surface area contributed by atoms with E-state index in [2.05, 4.69) is 5.32 Å². The monoisotopic (exact) mass is 314 g/mol. The van der Waals surface area contributed by atoms with E-state index in [1.807, 2.05) is 0 Å². The van der Waals surface area contributed by atoms with Gasteiger partial charge in [-0.1, -0.05) is 24.3 Å². The maximum atomic E-state index is 13.4. The number of imide groups is 1. The normalized spacial score (nSPS) is 13.0. The lowest BCUT2D eigenvalue weighted by Gasteiger charge is -2.14. The second-order valence-electron chi connectivity index (χ2n) is 4.75. The van der Waals surface area contributed by atoms with Crippen LogP contribution in [0.5, 0.6) is 0 Å². The fraction of sp³-hybridized carbons (Fsp3) is 0.0625. The molecule has 0 fully saturated rings. The van der Waals surface area contributed by atoms with Crippen LogP contribution in [0.3, 0.4) is 0 Å². The molecule has 23 heavy (non-hydrogen) atoms. The van der Waals surface area contributed by atoms with E-state index in [9.17, 15) is 18.8 Å². The van der Waals surface area contributed by atoms with Crippen molar-refractivity contribution < 1.29 is 23.5 Å². The van der Waals surface area contributed by atoms with Crippen LogP contribution in [0.2, 0.25) is 0 Å². The smallest absolute Gasteiger partial charge is 0.413 e. The first-order valence-electron chi connectivity index (χ1n) is 6.71. The van der Waals surface area contributed by atoms with E-state index in [0.717, 1.165) is 4.90 Å². The molecule has 1 aliphatic rings. The van der Waals surface area contributed by atoms with Crippen LogP contribution in [0.1, 0.15) is 20.7 Å². The first kappa shape index (κ1) is 14.7. The average Bonchev–Trinajstić information content (AvgIpc) is 2.80. The number of ether oxygens (including phenoxy) is 1. The van der Waals surface area contributed by atoms with Crippen LogP contribution >= 0.6 is 0 Å². The minimum absolute atomic E-state index is 0.0557. The Bertz CT molecular complexity index is 771. The van der Waals surface area contributed by atoms with Crippen molar-refractivity contribution in [3.05, 3.63) is 65.5 Å². The highest BCUT2D eigenvalue weighted by Crippen LogP contribution is 2.22. The predicted octanol–water partition coefficient (Wildman–Crippen LogP) is 2.63. The number of hydrogen-bond acceptors (Lipinski definition) is 4. The number of nitrogens with zero attached hydrogens (tertiary/aromatic N) is 1. The number of anilines is 1. The molecule has 1 aliphatic heterocycles. The molecule has 0 unspecified atom stereocenters. The molecule has 0 aliphatic carbocycles. The molecule has 2 aromatic rings. The molecule has 116 valence electrons. The van der Waals surface area contributed by atoms with Gasteiger partial charge >= 0.3 is 6.09 Å². The zero-order valence-electron chi connectivity index (χ0n) is 11.8. The van der Waals surface area contributed by atoms with Crippen molar-refractivity contribution in [1.29, 1.82) is 0 Å². The van der Waals surface area contributed by atoms with Crippen LogP contribution in [0.15, 0.2) is 48.5 Å². The summed E-state index contributed by atoms with van der Waals surface area (Å²) in [5.41, 5.74) is 0.464. The average molecular weight is 314 g/mol. The Morgan fingerprint density at radius 3 is 2.17 bits per heavy atom. The zero-order chi connectivity index (χ0) is 16.4. The lowest BCUT2D eigenvalue weighted by Crippen LogP contribution is -2.34. The minimum atomic E-state index is -0.966. The van der Waals surface area contributed by atoms with Crippen molar-refractivity contribution in [2.45, 2.75) is 0 Å². The number of carbonyl (C=O) groups is 3. The molecule has 1 heterocycles. The van der Waals surface area contributed by atoms with Gasteiger partial charge in [0.15, 0.2) is 6.73 Å². The lowest BCUT2D eigenvalue weighted by molar-refractivity contribution is 0.0449. The fourth-order valence-corrected chi connectivity index (χ4v) is 2.19. The van der Waals surface area contributed by atoms with Gasteiger partial charge < -0.3 is 4.74 Å². The third-order valence-corrected chi connectivity index (χ3v) is 3.31. The summed E-state index contributed by atoms with van der Waals surface area (Å²) in [6.07, 6.45) is -0.966. The lowest BCUT2D eigenvalue weighted by atomic mass is 10.1. The molecule has 0 saturated heterocycles. The van der Waals surface area contributed by atoms with Gasteiger partial charge in [-0.15, -0.1) is 0 Å². The van der Waals surface area contributed by atoms with Crippen LogP contribution in [0, 0.1) is 5.82 Å². The number of para-hydroxylation sites is 1. The number of halogens is 1. The van der Waals surface area contributed by atoms with Gasteiger partial charge in [0.2, 0.25) is 0 Å². The molecular weight excluding hydrogens is 303 g/mol. The Balaban J connectivity index is 1.63. The summed E-state index contributed by atoms with van der Waals surface area (Å²) in [4.78, 5) is 36.6. The molecule has 7 heteroatoms. The van der Waals surface area contributed by atoms with Crippen molar-refractivity contribution in [3.63, 3.8) is 0 Å². The summed E-state index contributed by atoms with van der Waals surface area (Å²) in [5, 5.41) is 2.20. The summed E-state index contributed by atoms with van der Waals surface area (Å²) in [6.45, 7) is -0.549. The molecule has 1 N–H and O–H groups in total. The largest absolute Gasteiger partial charge is 0.427 e. The number of rotatable bonds is 3. The van der Waals surface area contributed by atoms with E-state index in [0.29, 0.717) is 0 Å². The second-order valence-corrected chi connectivity index (χ2v) is 4.75. The summed E-state index contributed by atoms with van der Waals surface area (Å²) in [5.74, 6) is -1.70. The Morgan fingerprint density at radius 1 is 1.00 bits per heavy atom. The molecule has 0 atom stereocenters. The van der Waals surface area contributed by atoms with Gasteiger partial charge in [-0.05, 0) is 24.3 Å². The van der Waals surface area contributed by atoms with Gasteiger partial charge in [0, 0.05) is 0 Å². The van der Waals surface area contributed by atoms with Gasteiger partial charge in [0.25, 0.3) is 11.8 Å². The first-order chi connectivity index (χ1) is 11.1. The quantitative estimate of drug-likeness (QED) is 0.884. The second kappa shape index (κ2) is 5.88. The van der Waals surface area contributed by atoms with Crippen molar-refractivity contribution in [2.75, 3.05) is 12.0 Å². The van der Waals surface area contributed by atoms with Gasteiger partial charge in [0.05, 0.1) is 16.8 Å². The maximum Gasteiger partial charge on any atom is 0.413 e. The summed E-state index contributed by atoms with van der Waals surface area (Å²) >= 11 is 0. The Kier molecular flexibility index (Phi) is 3.76. The van der Waals surface area contributed by atoms with Crippen LogP contribution in [0.25, 0.3) is 0 Å². The van der Waals surface area contributed by atoms with Crippen LogP contribution in [-0.2, 0) is 4.74 Å². The highest BCUT2D eigenvalue weighted by molar-refractivity contribution is 6.21. The topological polar surface area (TPSA) is 75.7 Å². The summed E-state index contributed by atoms with van der Waals surface area (Å²) in [7, 11) is 0. The van der Waals surface area contributed by atoms with Gasteiger partial charge in [0.1, 0.15) is 5.82 Å². The third kappa shape index (κ3) is 2.76. The van der Waals surface area contributed by atoms with Crippen molar-refractivity contribution >= 4 is 23.6 Å². The number of carbonyl (C=O) groups excluding carboxylic acids is 3. The molecule has 0 radical (unpaired) electrons. The van der Waals surface area contributed by atoms with Gasteiger partial charge in [-0.25, -0.2) is 14.1 Å². The number of benzene rings is 2. The molecule has 0 aromatic heterocycles. The van der Waals surface area contributed by atoms with Crippen molar-refractivity contribution in [1.82, 2.24) is 4.90 Å². The molecule has 2 aromatic carbocycles. The van der Waals surface area contributed by atoms with E-state index < -0.39 is 30.5 Å². The Hall–Kier alpha value is -3.22. The summed E-state index contributed by atoms with van der Waals surface area (Å²) in [6, 6.07) is 11.9. The van der Waals surface area contributed by atoms with Crippen LogP contribution < -0.4 is 5.32 Å². The van der Waals surface area contributed by atoms with Crippen molar-refractivity contribution in [2.24, 2.45) is 0 Å². The molecule has 3 amide bonds. The number of fused-ring (bicyclic) bond motifs is 1. The Labute approximate surface area is 130 Å². The molecular formula is C16H11FN2O4. The van der Waals surface area contributed by atoms with E-state index in [1.54, 1.807) is 18.2 Å². The predicted molar refractivity (Wildman–Crippen MR) is 78.3 cm³/mol. The fourth-order valence-electron chi connectivity index (χ4n) is 2.19. The highest BCUT2D eigenvalue weighted by Gasteiger charge is 2.35. The van der Waals surface area contributed by atoms with E-state index >= 15 is 0 Å². The molecule has 3 rings (SSSR count). The first-order valence-corrected chi connectivity index (χ1v) is 6.71. The standard InChI is InChI=1S/C16H11FN2O4/c17-12-7-3-4-8-13(12)18-16(22)23-9-19-14(20)10-5-1-2-6-11(10)15(19)21/h1-8H,9H2,(H,18,22). The van der Waals surface area contributed by atoms with Crippen molar-refractivity contribution in [3.8, 4) is 0 Å². The zero-order valence-corrected chi connectivity index (χ0v) is 11.8. The van der Waals surface area contributed by atoms with E-state index in [-0.39, 0.29) is 16.8 Å². The van der Waals surface area contributed by atoms with E-state index in [4.69, 9.17) is 4.74 Å². The maximum absolute atomic E-state index is 13.4. The third-order valence-electron chi connectivity index (χ3n) is 3.31. The molecule has 0 saturated carbocycles. The highest BCUT2D eigenvalue weighted by atomic mass is 19.1. The van der Waals surface area contributed by atoms with Crippen LogP contribution in [0.4, 0.5) is 14.9 Å². The number of nitrogens with one attached hydrogen (secondary N) is 1. The van der Waals surface area contributed by atoms with Gasteiger partial charge in [-0.3, -0.25) is 14.9 Å². The Morgan fingerprint density at radius 2 is 1.57 bits per heavy atom. The number of hydrogen-bond donors (Lipinski definition) is 1. The minimum Gasteiger partial charge on any atom is -0.427 e. The number of amides is 3. The van der Waals surface area contributed by atoms with E-state index in [1.165, 1.54) is 30.3 Å². The molecule has 6 nitrogen and oxygen atoms in total. The molecule has 0 spiro atoms. The summed E-state index contributed by atoms with van der Waals surface area (Å²) < 4.78 is 18.2. The SMILES string of the molecule is O=C(Nc1ccccc1F)OCN1C(=O)c2ccccc2C1=O. The van der Waals surface area contributed by atoms with Gasteiger partial charge in [-0.2, -0.15) is 0 Å². The van der Waals surface area contributed by atoms with Crippen LogP contribution in [-0.4, -0.2) is 29.5 Å².